The summed E-state index contributed by atoms with van der Waals surface area (Å²) in [6, 6.07) is 9.82. The number of alkyl carbamates (subject to hydrolysis) is 1. The summed E-state index contributed by atoms with van der Waals surface area (Å²) >= 11 is 0. The number of halogens is 1. The third-order valence-electron chi connectivity index (χ3n) is 4.42. The normalized spacial score (nSPS) is 16.7. The highest BCUT2D eigenvalue weighted by molar-refractivity contribution is 14.0. The third-order valence-corrected chi connectivity index (χ3v) is 4.42. The molecule has 0 spiro atoms. The van der Waals surface area contributed by atoms with Crippen LogP contribution in [0.2, 0.25) is 0 Å². The molecule has 0 bridgehead atoms. The Labute approximate surface area is 194 Å². The predicted octanol–water partition coefficient (Wildman–Crippen LogP) is 3.63. The van der Waals surface area contributed by atoms with Crippen LogP contribution in [-0.2, 0) is 11.3 Å². The zero-order chi connectivity index (χ0) is 20.9. The number of hydrogen-bond donors (Lipinski definition) is 2. The lowest BCUT2D eigenvalue weighted by Crippen LogP contribution is -2.44. The van der Waals surface area contributed by atoms with Crippen molar-refractivity contribution in [3.63, 3.8) is 0 Å². The van der Waals surface area contributed by atoms with Gasteiger partial charge < -0.3 is 24.7 Å². The van der Waals surface area contributed by atoms with Crippen LogP contribution in [0.3, 0.4) is 0 Å². The van der Waals surface area contributed by atoms with Gasteiger partial charge in [-0.1, -0.05) is 18.2 Å². The highest BCUT2D eigenvalue weighted by atomic mass is 127. The van der Waals surface area contributed by atoms with Crippen LogP contribution in [-0.4, -0.2) is 53.7 Å². The molecule has 1 aromatic heterocycles. The van der Waals surface area contributed by atoms with Gasteiger partial charge in [0.05, 0.1) is 18.3 Å². The number of carbonyl (C=O) groups excluding carboxylic acids is 1. The van der Waals surface area contributed by atoms with Crippen LogP contribution in [0.25, 0.3) is 11.5 Å². The second-order valence-corrected chi connectivity index (χ2v) is 7.99. The molecule has 1 aliphatic rings. The van der Waals surface area contributed by atoms with Gasteiger partial charge in [-0.05, 0) is 39.3 Å². The van der Waals surface area contributed by atoms with E-state index in [0.717, 1.165) is 30.2 Å². The number of benzene rings is 1. The largest absolute Gasteiger partial charge is 0.444 e. The number of ether oxygens (including phenoxy) is 1. The number of rotatable bonds is 4. The Morgan fingerprint density at radius 3 is 2.73 bits per heavy atom. The average molecular weight is 527 g/mol. The van der Waals surface area contributed by atoms with E-state index in [1.165, 1.54) is 0 Å². The first kappa shape index (κ1) is 24.0. The molecule has 1 saturated heterocycles. The van der Waals surface area contributed by atoms with Gasteiger partial charge in [-0.3, -0.25) is 4.99 Å². The SMILES string of the molecule is CN=C(NCc1coc(-c2ccccc2)n1)N1CCC(NC(=O)OC(C)(C)C)C1.I. The lowest BCUT2D eigenvalue weighted by Gasteiger charge is -2.23. The Kier molecular flexibility index (Phi) is 8.51. The van der Waals surface area contributed by atoms with E-state index < -0.39 is 5.60 Å². The highest BCUT2D eigenvalue weighted by Gasteiger charge is 2.27. The van der Waals surface area contributed by atoms with E-state index in [1.807, 2.05) is 51.1 Å². The van der Waals surface area contributed by atoms with E-state index in [0.29, 0.717) is 19.0 Å². The van der Waals surface area contributed by atoms with Crippen molar-refractivity contribution in [3.05, 3.63) is 42.3 Å². The Morgan fingerprint density at radius 2 is 2.07 bits per heavy atom. The van der Waals surface area contributed by atoms with Crippen LogP contribution in [0.15, 0.2) is 46.0 Å². The van der Waals surface area contributed by atoms with Gasteiger partial charge in [-0.2, -0.15) is 0 Å². The van der Waals surface area contributed by atoms with Crippen molar-refractivity contribution in [2.45, 2.75) is 45.4 Å². The lowest BCUT2D eigenvalue weighted by molar-refractivity contribution is 0.0507. The summed E-state index contributed by atoms with van der Waals surface area (Å²) in [5.41, 5.74) is 1.24. The fourth-order valence-corrected chi connectivity index (χ4v) is 3.15. The molecule has 30 heavy (non-hydrogen) atoms. The van der Waals surface area contributed by atoms with Gasteiger partial charge in [0.15, 0.2) is 5.96 Å². The van der Waals surface area contributed by atoms with Crippen molar-refractivity contribution in [3.8, 4) is 11.5 Å². The Bertz CT molecular complexity index is 848. The van der Waals surface area contributed by atoms with Crippen molar-refractivity contribution >= 4 is 36.0 Å². The molecule has 1 aliphatic heterocycles. The zero-order valence-electron chi connectivity index (χ0n) is 17.8. The number of nitrogens with one attached hydrogen (secondary N) is 2. The monoisotopic (exact) mass is 527 g/mol. The van der Waals surface area contributed by atoms with E-state index in [1.54, 1.807) is 13.3 Å². The molecular weight excluding hydrogens is 497 g/mol. The quantitative estimate of drug-likeness (QED) is 0.359. The van der Waals surface area contributed by atoms with Crippen LogP contribution < -0.4 is 10.6 Å². The molecule has 3 rings (SSSR count). The minimum absolute atomic E-state index is 0. The minimum atomic E-state index is -0.504. The van der Waals surface area contributed by atoms with Gasteiger partial charge in [0.1, 0.15) is 11.9 Å². The molecule has 0 radical (unpaired) electrons. The van der Waals surface area contributed by atoms with E-state index in [2.05, 4.69) is 25.5 Å². The standard InChI is InChI=1S/C21H29N5O3.HI/c1-21(2,3)29-20(27)25-16-10-11-26(13-16)19(22-4)23-12-17-14-28-18(24-17)15-8-6-5-7-9-15;/h5-9,14,16H,10-13H2,1-4H3,(H,22,23)(H,25,27);1H. The molecule has 0 aliphatic carbocycles. The van der Waals surface area contributed by atoms with Crippen molar-refractivity contribution in [2.75, 3.05) is 20.1 Å². The molecule has 2 aromatic rings. The number of aliphatic imine (C=N–C) groups is 1. The summed E-state index contributed by atoms with van der Waals surface area (Å²) < 4.78 is 10.9. The molecule has 8 nitrogen and oxygen atoms in total. The fourth-order valence-electron chi connectivity index (χ4n) is 3.15. The van der Waals surface area contributed by atoms with E-state index in [9.17, 15) is 4.79 Å². The van der Waals surface area contributed by atoms with Crippen molar-refractivity contribution < 1.29 is 13.9 Å². The molecular formula is C21H30IN5O3. The molecule has 9 heteroatoms. The number of oxazole rings is 1. The predicted molar refractivity (Wildman–Crippen MR) is 127 cm³/mol. The zero-order valence-corrected chi connectivity index (χ0v) is 20.2. The summed E-state index contributed by atoms with van der Waals surface area (Å²) in [5.74, 6) is 1.36. The average Bonchev–Trinajstić information content (AvgIpc) is 3.31. The van der Waals surface area contributed by atoms with Crippen LogP contribution in [0.4, 0.5) is 4.79 Å². The first-order chi connectivity index (χ1) is 13.8. The third kappa shape index (κ3) is 6.89. The van der Waals surface area contributed by atoms with Crippen LogP contribution in [0, 0.1) is 0 Å². The summed E-state index contributed by atoms with van der Waals surface area (Å²) in [7, 11) is 1.75. The number of amides is 1. The van der Waals surface area contributed by atoms with E-state index in [4.69, 9.17) is 9.15 Å². The Morgan fingerprint density at radius 1 is 1.33 bits per heavy atom. The first-order valence-corrected chi connectivity index (χ1v) is 9.79. The molecule has 164 valence electrons. The Hall–Kier alpha value is -2.30. The number of guanidine groups is 1. The van der Waals surface area contributed by atoms with Crippen molar-refractivity contribution in [1.29, 1.82) is 0 Å². The number of aromatic nitrogens is 1. The second-order valence-electron chi connectivity index (χ2n) is 7.99. The number of hydrogen-bond acceptors (Lipinski definition) is 5. The van der Waals surface area contributed by atoms with Gasteiger partial charge in [-0.15, -0.1) is 24.0 Å². The number of nitrogens with zero attached hydrogens (tertiary/aromatic N) is 3. The van der Waals surface area contributed by atoms with Crippen molar-refractivity contribution in [1.82, 2.24) is 20.5 Å². The molecule has 2 heterocycles. The minimum Gasteiger partial charge on any atom is -0.444 e. The summed E-state index contributed by atoms with van der Waals surface area (Å²) in [5, 5.41) is 6.24. The van der Waals surface area contributed by atoms with Gasteiger partial charge in [-0.25, -0.2) is 9.78 Å². The molecule has 1 unspecified atom stereocenters. The summed E-state index contributed by atoms with van der Waals surface area (Å²) in [6.07, 6.45) is 2.10. The summed E-state index contributed by atoms with van der Waals surface area (Å²) in [6.45, 7) is 7.54. The van der Waals surface area contributed by atoms with Gasteiger partial charge in [0, 0.05) is 25.7 Å². The Balaban J connectivity index is 0.00000320. The van der Waals surface area contributed by atoms with E-state index in [-0.39, 0.29) is 36.1 Å². The molecule has 1 amide bonds. The molecule has 1 aromatic carbocycles. The van der Waals surface area contributed by atoms with Gasteiger partial charge in [0.2, 0.25) is 5.89 Å². The molecule has 1 fully saturated rings. The van der Waals surface area contributed by atoms with Crippen molar-refractivity contribution in [2.24, 2.45) is 4.99 Å². The lowest BCUT2D eigenvalue weighted by atomic mass is 10.2. The maximum Gasteiger partial charge on any atom is 0.407 e. The van der Waals surface area contributed by atoms with Crippen LogP contribution in [0.1, 0.15) is 32.9 Å². The van der Waals surface area contributed by atoms with Gasteiger partial charge >= 0.3 is 6.09 Å². The smallest absolute Gasteiger partial charge is 0.407 e. The second kappa shape index (κ2) is 10.6. The topological polar surface area (TPSA) is 92.0 Å². The number of carbonyl (C=O) groups is 1. The maximum absolute atomic E-state index is 12.0. The van der Waals surface area contributed by atoms with Gasteiger partial charge in [0.25, 0.3) is 0 Å². The highest BCUT2D eigenvalue weighted by Crippen LogP contribution is 2.18. The summed E-state index contributed by atoms with van der Waals surface area (Å²) in [4.78, 5) is 23.0. The maximum atomic E-state index is 12.0. The molecule has 2 N–H and O–H groups in total. The number of likely N-dealkylation sites (tertiary alicyclic amines) is 1. The van der Waals surface area contributed by atoms with E-state index >= 15 is 0 Å². The molecule has 0 saturated carbocycles. The first-order valence-electron chi connectivity index (χ1n) is 9.79. The van der Waals surface area contributed by atoms with Crippen LogP contribution in [0.5, 0.6) is 0 Å². The fraction of sp³-hybridized carbons (Fsp3) is 0.476. The molecule has 1 atom stereocenters. The van der Waals surface area contributed by atoms with Crippen LogP contribution >= 0.6 is 24.0 Å².